The normalized spacial score (nSPS) is 12.5. The predicted octanol–water partition coefficient (Wildman–Crippen LogP) is 3.91. The van der Waals surface area contributed by atoms with E-state index in [2.05, 4.69) is 5.16 Å². The molecule has 0 aromatic heterocycles. The average molecular weight is 303 g/mol. The largest absolute Gasteiger partial charge is 0.550 e. The summed E-state index contributed by atoms with van der Waals surface area (Å²) in [4.78, 5) is 0. The zero-order valence-electron chi connectivity index (χ0n) is 11.2. The van der Waals surface area contributed by atoms with Crippen molar-refractivity contribution in [3.8, 4) is 0 Å². The van der Waals surface area contributed by atoms with Gasteiger partial charge in [-0.15, -0.1) is 11.8 Å². The summed E-state index contributed by atoms with van der Waals surface area (Å²) in [7, 11) is -3.61. The molecule has 1 rings (SSSR count). The molecule has 0 fully saturated rings. The van der Waals surface area contributed by atoms with Gasteiger partial charge in [0.05, 0.1) is 13.2 Å². The van der Waals surface area contributed by atoms with Crippen molar-refractivity contribution >= 4 is 24.6 Å². The summed E-state index contributed by atoms with van der Waals surface area (Å²) in [6, 6.07) is 9.49. The van der Waals surface area contributed by atoms with Gasteiger partial charge in [-0.25, -0.2) is 4.57 Å². The summed E-state index contributed by atoms with van der Waals surface area (Å²) >= 11 is 1.39. The van der Waals surface area contributed by atoms with Crippen LogP contribution in [0.25, 0.3) is 0 Å². The first-order valence-corrected chi connectivity index (χ1v) is 8.59. The highest BCUT2D eigenvalue weighted by Gasteiger charge is 2.27. The molecule has 0 saturated heterocycles. The van der Waals surface area contributed by atoms with E-state index in [4.69, 9.17) is 13.7 Å². The number of hydrogen-bond acceptors (Lipinski definition) is 6. The summed E-state index contributed by atoms with van der Waals surface area (Å²) in [6.07, 6.45) is 1.86. The monoisotopic (exact) mass is 303 g/mol. The van der Waals surface area contributed by atoms with E-state index in [-0.39, 0.29) is 13.2 Å². The molecule has 0 aliphatic rings. The maximum atomic E-state index is 12.1. The van der Waals surface area contributed by atoms with Crippen molar-refractivity contribution in [2.45, 2.75) is 13.8 Å². The lowest BCUT2D eigenvalue weighted by molar-refractivity contribution is 0.125. The molecule has 0 aliphatic heterocycles. The van der Waals surface area contributed by atoms with Gasteiger partial charge in [-0.3, -0.25) is 13.7 Å². The lowest BCUT2D eigenvalue weighted by atomic mass is 10.2. The number of thioether (sulfide) groups is 1. The minimum absolute atomic E-state index is 0.229. The number of phosphoric ester groups is 1. The van der Waals surface area contributed by atoms with Crippen LogP contribution in [0.4, 0.5) is 0 Å². The van der Waals surface area contributed by atoms with E-state index in [0.717, 1.165) is 5.56 Å². The highest BCUT2D eigenvalue weighted by Crippen LogP contribution is 2.49. The molecule has 1 aromatic carbocycles. The van der Waals surface area contributed by atoms with Crippen molar-refractivity contribution in [2.75, 3.05) is 19.5 Å². The molecular weight excluding hydrogens is 285 g/mol. The molecule has 7 heteroatoms. The molecule has 106 valence electrons. The molecular formula is C12H18NO4PS. The molecule has 1 aromatic rings. The van der Waals surface area contributed by atoms with E-state index < -0.39 is 7.82 Å². The smallest absolute Gasteiger partial charge is 0.291 e. The van der Waals surface area contributed by atoms with Crippen molar-refractivity contribution in [3.05, 3.63) is 35.9 Å². The second-order valence-corrected chi connectivity index (χ2v) is 5.70. The van der Waals surface area contributed by atoms with Gasteiger partial charge in [-0.2, -0.15) is 0 Å². The Hall–Kier alpha value is -0.810. The lowest BCUT2D eigenvalue weighted by Gasteiger charge is -2.13. The number of benzene rings is 1. The molecule has 5 nitrogen and oxygen atoms in total. The molecule has 0 radical (unpaired) electrons. The zero-order valence-corrected chi connectivity index (χ0v) is 12.9. The summed E-state index contributed by atoms with van der Waals surface area (Å²) < 4.78 is 27.1. The second-order valence-electron chi connectivity index (χ2n) is 3.33. The third kappa shape index (κ3) is 5.37. The second kappa shape index (κ2) is 8.38. The van der Waals surface area contributed by atoms with E-state index in [1.54, 1.807) is 13.8 Å². The molecule has 0 N–H and O–H groups in total. The number of oxime groups is 1. The number of hydrogen-bond donors (Lipinski definition) is 0. The molecule has 0 bridgehead atoms. The van der Waals surface area contributed by atoms with Gasteiger partial charge >= 0.3 is 7.82 Å². The Kier molecular flexibility index (Phi) is 7.16. The molecule has 0 unspecified atom stereocenters. The third-order valence-corrected chi connectivity index (χ3v) is 4.14. The van der Waals surface area contributed by atoms with Gasteiger partial charge in [0.25, 0.3) is 0 Å². The summed E-state index contributed by atoms with van der Waals surface area (Å²) in [5, 5.41) is 4.50. The van der Waals surface area contributed by atoms with E-state index >= 15 is 0 Å². The fourth-order valence-corrected chi connectivity index (χ4v) is 2.80. The Morgan fingerprint density at radius 2 is 1.79 bits per heavy atom. The van der Waals surface area contributed by atoms with Crippen molar-refractivity contribution in [1.82, 2.24) is 0 Å². The zero-order chi connectivity index (χ0) is 14.1. The lowest BCUT2D eigenvalue weighted by Crippen LogP contribution is -2.00. The van der Waals surface area contributed by atoms with Gasteiger partial charge in [0.1, 0.15) is 5.04 Å². The fraction of sp³-hybridized carbons (Fsp3) is 0.417. The molecule has 19 heavy (non-hydrogen) atoms. The van der Waals surface area contributed by atoms with Crippen molar-refractivity contribution < 1.29 is 18.2 Å². The van der Waals surface area contributed by atoms with E-state index in [1.807, 2.05) is 36.6 Å². The Labute approximate surface area is 117 Å². The first-order chi connectivity index (χ1) is 9.15. The van der Waals surface area contributed by atoms with E-state index in [9.17, 15) is 4.57 Å². The maximum Gasteiger partial charge on any atom is 0.550 e. The third-order valence-electron chi connectivity index (χ3n) is 2.01. The van der Waals surface area contributed by atoms with Crippen LogP contribution in [0.5, 0.6) is 0 Å². The van der Waals surface area contributed by atoms with Gasteiger partial charge < -0.3 is 0 Å². The highest BCUT2D eigenvalue weighted by atomic mass is 32.2. The SMILES string of the molecule is CCOP(=O)(OCC)O/N=C(\SC)c1ccccc1. The molecule has 0 aliphatic carbocycles. The fourth-order valence-electron chi connectivity index (χ4n) is 1.28. The number of phosphoric acid groups is 1. The Morgan fingerprint density at radius 1 is 1.21 bits per heavy atom. The van der Waals surface area contributed by atoms with Crippen molar-refractivity contribution in [1.29, 1.82) is 0 Å². The Bertz CT molecular complexity index is 442. The topological polar surface area (TPSA) is 57.1 Å². The summed E-state index contributed by atoms with van der Waals surface area (Å²) in [5.74, 6) is 0. The van der Waals surface area contributed by atoms with Crippen LogP contribution in [-0.2, 0) is 18.2 Å². The standard InChI is InChI=1S/C12H18NO4PS/c1-4-15-18(14,16-5-2)17-13-12(19-3)11-9-7-6-8-10-11/h6-10H,4-5H2,1-3H3/b13-12-. The molecule has 0 heterocycles. The van der Waals surface area contributed by atoms with Crippen LogP contribution >= 0.6 is 19.6 Å². The Balaban J connectivity index is 2.84. The number of rotatable bonds is 7. The Morgan fingerprint density at radius 3 is 2.26 bits per heavy atom. The van der Waals surface area contributed by atoms with Gasteiger partial charge in [0, 0.05) is 5.56 Å². The molecule has 0 saturated carbocycles. The summed E-state index contributed by atoms with van der Waals surface area (Å²) in [5.41, 5.74) is 0.884. The first-order valence-electron chi connectivity index (χ1n) is 5.90. The van der Waals surface area contributed by atoms with Crippen LogP contribution in [0, 0.1) is 0 Å². The van der Waals surface area contributed by atoms with Gasteiger partial charge in [-0.1, -0.05) is 35.5 Å². The van der Waals surface area contributed by atoms with Crippen molar-refractivity contribution in [3.63, 3.8) is 0 Å². The van der Waals surface area contributed by atoms with E-state index in [1.165, 1.54) is 11.8 Å². The summed E-state index contributed by atoms with van der Waals surface area (Å²) in [6.45, 7) is 3.89. The van der Waals surface area contributed by atoms with Crippen LogP contribution in [0.15, 0.2) is 35.5 Å². The minimum atomic E-state index is -3.61. The van der Waals surface area contributed by atoms with Crippen LogP contribution in [0.2, 0.25) is 0 Å². The van der Waals surface area contributed by atoms with E-state index in [0.29, 0.717) is 5.04 Å². The number of nitrogens with zero attached hydrogens (tertiary/aromatic N) is 1. The minimum Gasteiger partial charge on any atom is -0.291 e. The van der Waals surface area contributed by atoms with Gasteiger partial charge in [-0.05, 0) is 20.1 Å². The van der Waals surface area contributed by atoms with Gasteiger partial charge in [0.2, 0.25) is 0 Å². The predicted molar refractivity (Wildman–Crippen MR) is 78.4 cm³/mol. The first kappa shape index (κ1) is 16.2. The molecule has 0 spiro atoms. The highest BCUT2D eigenvalue weighted by molar-refractivity contribution is 8.13. The van der Waals surface area contributed by atoms with Crippen LogP contribution < -0.4 is 0 Å². The maximum absolute atomic E-state index is 12.1. The average Bonchev–Trinajstić information content (AvgIpc) is 2.41. The van der Waals surface area contributed by atoms with Crippen LogP contribution in [0.3, 0.4) is 0 Å². The molecule has 0 atom stereocenters. The quantitative estimate of drug-likeness (QED) is 0.331. The van der Waals surface area contributed by atoms with Crippen molar-refractivity contribution in [2.24, 2.45) is 5.16 Å². The van der Waals surface area contributed by atoms with Crippen LogP contribution in [0.1, 0.15) is 19.4 Å². The molecule has 0 amide bonds. The van der Waals surface area contributed by atoms with Gasteiger partial charge in [0.15, 0.2) is 0 Å². The van der Waals surface area contributed by atoms with Crippen LogP contribution in [-0.4, -0.2) is 24.5 Å².